The van der Waals surface area contributed by atoms with Crippen molar-refractivity contribution in [1.29, 1.82) is 0 Å². The zero-order valence-electron chi connectivity index (χ0n) is 7.55. The van der Waals surface area contributed by atoms with Gasteiger partial charge in [-0.3, -0.25) is 4.99 Å². The monoisotopic (exact) mass is 171 g/mol. The highest BCUT2D eigenvalue weighted by atomic mass is 16.5. The van der Waals surface area contributed by atoms with Crippen LogP contribution in [0.5, 0.6) is 0 Å². The first-order valence-corrected chi connectivity index (χ1v) is 4.37. The van der Waals surface area contributed by atoms with Gasteiger partial charge >= 0.3 is 0 Å². The van der Waals surface area contributed by atoms with Gasteiger partial charge in [0.1, 0.15) is 0 Å². The molecule has 70 valence electrons. The smallest absolute Gasteiger partial charge is 0.188 e. The Labute approximate surface area is 73.2 Å². The molecule has 1 saturated heterocycles. The molecule has 1 unspecified atom stereocenters. The molecule has 1 atom stereocenters. The fraction of sp³-hybridized carbons (Fsp3) is 0.875. The van der Waals surface area contributed by atoms with Gasteiger partial charge in [-0.2, -0.15) is 0 Å². The quantitative estimate of drug-likeness (QED) is 0.462. The number of hydrogen-bond acceptors (Lipinski definition) is 2. The minimum Gasteiger partial charge on any atom is -0.381 e. The predicted molar refractivity (Wildman–Crippen MR) is 49.1 cm³/mol. The summed E-state index contributed by atoms with van der Waals surface area (Å²) in [6.07, 6.45) is 2.31. The SMILES string of the molecule is CN=C(N)NCCC1CCOC1. The number of hydrogen-bond donors (Lipinski definition) is 2. The van der Waals surface area contributed by atoms with Crippen molar-refractivity contribution < 1.29 is 4.74 Å². The van der Waals surface area contributed by atoms with Crippen LogP contribution in [0.15, 0.2) is 4.99 Å². The number of guanidine groups is 1. The highest BCUT2D eigenvalue weighted by Gasteiger charge is 2.14. The maximum Gasteiger partial charge on any atom is 0.188 e. The third-order valence-electron chi connectivity index (χ3n) is 2.12. The van der Waals surface area contributed by atoms with Gasteiger partial charge in [0.2, 0.25) is 0 Å². The van der Waals surface area contributed by atoms with E-state index < -0.39 is 0 Å². The molecule has 3 N–H and O–H groups in total. The zero-order chi connectivity index (χ0) is 8.81. The van der Waals surface area contributed by atoms with Gasteiger partial charge in [-0.15, -0.1) is 0 Å². The van der Waals surface area contributed by atoms with Crippen molar-refractivity contribution in [3.63, 3.8) is 0 Å². The second kappa shape index (κ2) is 4.98. The van der Waals surface area contributed by atoms with Crippen molar-refractivity contribution in [1.82, 2.24) is 5.32 Å². The lowest BCUT2D eigenvalue weighted by molar-refractivity contribution is 0.184. The number of aliphatic imine (C=N–C) groups is 1. The normalized spacial score (nSPS) is 24.4. The molecule has 0 saturated carbocycles. The van der Waals surface area contributed by atoms with Crippen LogP contribution in [0.4, 0.5) is 0 Å². The van der Waals surface area contributed by atoms with Crippen LogP contribution in [-0.2, 0) is 4.74 Å². The molecule has 1 aliphatic heterocycles. The zero-order valence-corrected chi connectivity index (χ0v) is 7.55. The molecule has 0 aromatic rings. The maximum atomic E-state index is 5.47. The Morgan fingerprint density at radius 1 is 1.75 bits per heavy atom. The van der Waals surface area contributed by atoms with Gasteiger partial charge in [0.25, 0.3) is 0 Å². The van der Waals surface area contributed by atoms with Gasteiger partial charge in [-0.1, -0.05) is 0 Å². The lowest BCUT2D eigenvalue weighted by Crippen LogP contribution is -2.32. The van der Waals surface area contributed by atoms with Gasteiger partial charge < -0.3 is 15.8 Å². The van der Waals surface area contributed by atoms with E-state index in [2.05, 4.69) is 10.3 Å². The van der Waals surface area contributed by atoms with E-state index >= 15 is 0 Å². The van der Waals surface area contributed by atoms with Crippen molar-refractivity contribution in [3.8, 4) is 0 Å². The Balaban J connectivity index is 2.01. The van der Waals surface area contributed by atoms with E-state index in [0.29, 0.717) is 11.9 Å². The van der Waals surface area contributed by atoms with Crippen LogP contribution in [0.1, 0.15) is 12.8 Å². The van der Waals surface area contributed by atoms with Crippen LogP contribution in [0, 0.1) is 5.92 Å². The molecule has 4 nitrogen and oxygen atoms in total. The number of nitrogens with one attached hydrogen (secondary N) is 1. The van der Waals surface area contributed by atoms with Crippen molar-refractivity contribution in [2.45, 2.75) is 12.8 Å². The van der Waals surface area contributed by atoms with E-state index in [0.717, 1.165) is 26.2 Å². The molecule has 4 heteroatoms. The highest BCUT2D eigenvalue weighted by molar-refractivity contribution is 5.77. The number of rotatable bonds is 3. The Hall–Kier alpha value is -0.770. The molecule has 1 rings (SSSR count). The third kappa shape index (κ3) is 3.09. The van der Waals surface area contributed by atoms with Crippen LogP contribution in [0.3, 0.4) is 0 Å². The van der Waals surface area contributed by atoms with Gasteiger partial charge in [0.15, 0.2) is 5.96 Å². The topological polar surface area (TPSA) is 59.6 Å². The van der Waals surface area contributed by atoms with Crippen LogP contribution < -0.4 is 11.1 Å². The van der Waals surface area contributed by atoms with Crippen molar-refractivity contribution in [3.05, 3.63) is 0 Å². The third-order valence-corrected chi connectivity index (χ3v) is 2.12. The second-order valence-electron chi connectivity index (χ2n) is 3.05. The van der Waals surface area contributed by atoms with Crippen LogP contribution >= 0.6 is 0 Å². The van der Waals surface area contributed by atoms with E-state index in [1.54, 1.807) is 7.05 Å². The fourth-order valence-corrected chi connectivity index (χ4v) is 1.29. The first-order chi connectivity index (χ1) is 5.83. The maximum absolute atomic E-state index is 5.47. The van der Waals surface area contributed by atoms with Crippen molar-refractivity contribution >= 4 is 5.96 Å². The summed E-state index contributed by atoms with van der Waals surface area (Å²) in [6.45, 7) is 2.73. The first-order valence-electron chi connectivity index (χ1n) is 4.37. The standard InChI is InChI=1S/C8H17N3O/c1-10-8(9)11-4-2-7-3-5-12-6-7/h7H,2-6H2,1H3,(H3,9,10,11). The average Bonchev–Trinajstić information content (AvgIpc) is 2.57. The lowest BCUT2D eigenvalue weighted by Gasteiger charge is -2.08. The first kappa shape index (κ1) is 9.32. The van der Waals surface area contributed by atoms with Gasteiger partial charge in [-0.25, -0.2) is 0 Å². The van der Waals surface area contributed by atoms with Crippen LogP contribution in [-0.4, -0.2) is 32.8 Å². The van der Waals surface area contributed by atoms with Gasteiger partial charge in [-0.05, 0) is 18.8 Å². The summed E-state index contributed by atoms with van der Waals surface area (Å²) in [5.41, 5.74) is 5.47. The van der Waals surface area contributed by atoms with Gasteiger partial charge in [0, 0.05) is 26.8 Å². The Bertz CT molecular complexity index is 152. The lowest BCUT2D eigenvalue weighted by atomic mass is 10.1. The molecule has 1 aliphatic rings. The minimum atomic E-state index is 0.522. The van der Waals surface area contributed by atoms with Crippen LogP contribution in [0.25, 0.3) is 0 Å². The molecule has 0 bridgehead atoms. The fourth-order valence-electron chi connectivity index (χ4n) is 1.29. The summed E-state index contributed by atoms with van der Waals surface area (Å²) in [5.74, 6) is 1.23. The largest absolute Gasteiger partial charge is 0.381 e. The molecule has 0 aromatic heterocycles. The average molecular weight is 171 g/mol. The Morgan fingerprint density at radius 3 is 3.17 bits per heavy atom. The molecule has 0 amide bonds. The summed E-state index contributed by atoms with van der Waals surface area (Å²) in [4.78, 5) is 3.80. The summed E-state index contributed by atoms with van der Waals surface area (Å²) in [7, 11) is 1.68. The Kier molecular flexibility index (Phi) is 3.87. The van der Waals surface area contributed by atoms with Crippen molar-refractivity contribution in [2.24, 2.45) is 16.6 Å². The molecule has 1 fully saturated rings. The number of nitrogens with two attached hydrogens (primary N) is 1. The predicted octanol–water partition coefficient (Wildman–Crippen LogP) is -0.0529. The number of nitrogens with zero attached hydrogens (tertiary/aromatic N) is 1. The molecule has 0 aliphatic carbocycles. The summed E-state index contributed by atoms with van der Waals surface area (Å²) < 4.78 is 5.25. The highest BCUT2D eigenvalue weighted by Crippen LogP contribution is 2.14. The number of ether oxygens (including phenoxy) is 1. The molecule has 1 heterocycles. The van der Waals surface area contributed by atoms with E-state index in [1.165, 1.54) is 6.42 Å². The van der Waals surface area contributed by atoms with E-state index in [4.69, 9.17) is 10.5 Å². The summed E-state index contributed by atoms with van der Waals surface area (Å²) in [6, 6.07) is 0. The summed E-state index contributed by atoms with van der Waals surface area (Å²) >= 11 is 0. The second-order valence-corrected chi connectivity index (χ2v) is 3.05. The minimum absolute atomic E-state index is 0.522. The molecule has 0 radical (unpaired) electrons. The van der Waals surface area contributed by atoms with Gasteiger partial charge in [0.05, 0.1) is 0 Å². The molecule has 0 spiro atoms. The van der Waals surface area contributed by atoms with Crippen LogP contribution in [0.2, 0.25) is 0 Å². The molecular formula is C8H17N3O. The summed E-state index contributed by atoms with van der Waals surface area (Å²) in [5, 5.41) is 3.03. The molecule has 0 aromatic carbocycles. The van der Waals surface area contributed by atoms with Crippen molar-refractivity contribution in [2.75, 3.05) is 26.8 Å². The van der Waals surface area contributed by atoms with E-state index in [-0.39, 0.29) is 0 Å². The Morgan fingerprint density at radius 2 is 2.58 bits per heavy atom. The van der Waals surface area contributed by atoms with E-state index in [9.17, 15) is 0 Å². The molecular weight excluding hydrogens is 154 g/mol. The van der Waals surface area contributed by atoms with E-state index in [1.807, 2.05) is 0 Å². The molecule has 12 heavy (non-hydrogen) atoms.